The molecule has 0 N–H and O–H groups in total. The molecule has 1 aromatic heterocycles. The van der Waals surface area contributed by atoms with Gasteiger partial charge in [0.25, 0.3) is 0 Å². The van der Waals surface area contributed by atoms with Gasteiger partial charge < -0.3 is 4.42 Å². The first-order valence-electron chi connectivity index (χ1n) is 5.53. The van der Waals surface area contributed by atoms with E-state index >= 15 is 0 Å². The fourth-order valence-electron chi connectivity index (χ4n) is 1.86. The van der Waals surface area contributed by atoms with E-state index in [1.165, 1.54) is 0 Å². The molecule has 0 bridgehead atoms. The van der Waals surface area contributed by atoms with Crippen molar-refractivity contribution in [2.45, 2.75) is 0 Å². The molecule has 18 heavy (non-hydrogen) atoms. The molecule has 1 heterocycles. The average molecular weight is 348 g/mol. The first kappa shape index (κ1) is 11.5. The van der Waals surface area contributed by atoms with Gasteiger partial charge in [0.15, 0.2) is 5.43 Å². The number of para-hydroxylation sites is 1. The van der Waals surface area contributed by atoms with Crippen LogP contribution >= 0.6 is 22.6 Å². The van der Waals surface area contributed by atoms with E-state index in [1.807, 2.05) is 42.5 Å². The molecule has 3 rings (SSSR count). The number of fused-ring (bicyclic) bond motifs is 1. The molecule has 3 heteroatoms. The first-order valence-corrected chi connectivity index (χ1v) is 6.61. The summed E-state index contributed by atoms with van der Waals surface area (Å²) in [5, 5.41) is 0.617. The van der Waals surface area contributed by atoms with Gasteiger partial charge in [0.1, 0.15) is 11.3 Å². The van der Waals surface area contributed by atoms with E-state index in [0.717, 1.165) is 9.13 Å². The molecule has 0 unspecified atom stereocenters. The number of halogens is 1. The Bertz CT molecular complexity index is 757. The maximum Gasteiger partial charge on any atom is 0.193 e. The first-order chi connectivity index (χ1) is 8.74. The smallest absolute Gasteiger partial charge is 0.193 e. The summed E-state index contributed by atoms with van der Waals surface area (Å²) in [6, 6.07) is 16.7. The molecule has 3 aromatic rings. The van der Waals surface area contributed by atoms with Crippen LogP contribution in [0.25, 0.3) is 22.3 Å². The van der Waals surface area contributed by atoms with Gasteiger partial charge in [0.2, 0.25) is 0 Å². The molecule has 0 saturated carbocycles. The highest BCUT2D eigenvalue weighted by molar-refractivity contribution is 14.1. The van der Waals surface area contributed by atoms with E-state index in [0.29, 0.717) is 16.7 Å². The highest BCUT2D eigenvalue weighted by Gasteiger charge is 2.05. The normalized spacial score (nSPS) is 10.7. The Morgan fingerprint density at radius 1 is 0.944 bits per heavy atom. The van der Waals surface area contributed by atoms with Crippen LogP contribution in [0.1, 0.15) is 0 Å². The van der Waals surface area contributed by atoms with Crippen molar-refractivity contribution >= 4 is 33.6 Å². The van der Waals surface area contributed by atoms with E-state index in [4.69, 9.17) is 4.42 Å². The van der Waals surface area contributed by atoms with Gasteiger partial charge in [-0.15, -0.1) is 0 Å². The van der Waals surface area contributed by atoms with E-state index in [2.05, 4.69) is 22.6 Å². The van der Waals surface area contributed by atoms with E-state index in [1.54, 1.807) is 12.1 Å². The molecule has 0 saturated heterocycles. The van der Waals surface area contributed by atoms with E-state index in [9.17, 15) is 4.79 Å². The quantitative estimate of drug-likeness (QED) is 0.621. The minimum Gasteiger partial charge on any atom is -0.456 e. The molecule has 88 valence electrons. The van der Waals surface area contributed by atoms with Crippen molar-refractivity contribution in [2.24, 2.45) is 0 Å². The Kier molecular flexibility index (Phi) is 2.91. The third-order valence-electron chi connectivity index (χ3n) is 2.76. The number of benzene rings is 2. The second kappa shape index (κ2) is 4.57. The van der Waals surface area contributed by atoms with Crippen molar-refractivity contribution in [1.82, 2.24) is 0 Å². The Labute approximate surface area is 117 Å². The minimum atomic E-state index is -0.00889. The molecular weight excluding hydrogens is 339 g/mol. The third-order valence-corrected chi connectivity index (χ3v) is 3.48. The molecule has 0 aliphatic rings. The predicted molar refractivity (Wildman–Crippen MR) is 80.6 cm³/mol. The van der Waals surface area contributed by atoms with E-state index < -0.39 is 0 Å². The van der Waals surface area contributed by atoms with Crippen LogP contribution in [0.3, 0.4) is 0 Å². The number of rotatable bonds is 1. The molecule has 0 atom stereocenters. The summed E-state index contributed by atoms with van der Waals surface area (Å²) in [5.74, 6) is 0.607. The largest absolute Gasteiger partial charge is 0.456 e. The van der Waals surface area contributed by atoms with Gasteiger partial charge in [-0.3, -0.25) is 4.79 Å². The molecule has 0 radical (unpaired) electrons. The van der Waals surface area contributed by atoms with Crippen LogP contribution in [0.2, 0.25) is 0 Å². The Hall–Kier alpha value is -1.62. The second-order valence-electron chi connectivity index (χ2n) is 3.98. The lowest BCUT2D eigenvalue weighted by atomic mass is 10.1. The van der Waals surface area contributed by atoms with Crippen LogP contribution < -0.4 is 5.43 Å². The summed E-state index contributed by atoms with van der Waals surface area (Å²) >= 11 is 2.24. The van der Waals surface area contributed by atoms with Crippen LogP contribution in [-0.2, 0) is 0 Å². The van der Waals surface area contributed by atoms with Crippen molar-refractivity contribution in [1.29, 1.82) is 0 Å². The van der Waals surface area contributed by atoms with Crippen molar-refractivity contribution < 1.29 is 4.42 Å². The summed E-state index contributed by atoms with van der Waals surface area (Å²) in [4.78, 5) is 12.0. The van der Waals surface area contributed by atoms with Gasteiger partial charge >= 0.3 is 0 Å². The zero-order chi connectivity index (χ0) is 12.5. The van der Waals surface area contributed by atoms with Gasteiger partial charge in [0, 0.05) is 15.2 Å². The van der Waals surface area contributed by atoms with Crippen LogP contribution in [0.5, 0.6) is 0 Å². The Morgan fingerprint density at radius 2 is 1.67 bits per heavy atom. The zero-order valence-electron chi connectivity index (χ0n) is 9.39. The second-order valence-corrected chi connectivity index (χ2v) is 5.22. The maximum atomic E-state index is 12.0. The highest BCUT2D eigenvalue weighted by atomic mass is 127. The molecule has 0 spiro atoms. The van der Waals surface area contributed by atoms with Gasteiger partial charge in [-0.25, -0.2) is 0 Å². The Morgan fingerprint density at radius 3 is 2.44 bits per heavy atom. The van der Waals surface area contributed by atoms with Gasteiger partial charge in [0.05, 0.1) is 5.39 Å². The lowest BCUT2D eigenvalue weighted by Crippen LogP contribution is -1.99. The fourth-order valence-corrected chi connectivity index (χ4v) is 2.22. The molecular formula is C15H9IO2. The number of hydrogen-bond donors (Lipinski definition) is 0. The topological polar surface area (TPSA) is 30.2 Å². The molecule has 0 fully saturated rings. The van der Waals surface area contributed by atoms with Gasteiger partial charge in [-0.2, -0.15) is 0 Å². The molecule has 0 amide bonds. The van der Waals surface area contributed by atoms with Crippen molar-refractivity contribution in [3.63, 3.8) is 0 Å². The van der Waals surface area contributed by atoms with E-state index in [-0.39, 0.29) is 5.43 Å². The van der Waals surface area contributed by atoms with Crippen LogP contribution in [-0.4, -0.2) is 0 Å². The monoisotopic (exact) mass is 348 g/mol. The maximum absolute atomic E-state index is 12.0. The molecule has 0 aliphatic carbocycles. The third kappa shape index (κ3) is 2.06. The van der Waals surface area contributed by atoms with Gasteiger partial charge in [-0.05, 0) is 46.9 Å². The lowest BCUT2D eigenvalue weighted by molar-refractivity contribution is 0.619. The van der Waals surface area contributed by atoms with Crippen molar-refractivity contribution in [3.8, 4) is 11.3 Å². The average Bonchev–Trinajstić information content (AvgIpc) is 2.39. The SMILES string of the molecule is O=c1cc(-c2ccc(I)cc2)oc2ccccc12. The van der Waals surface area contributed by atoms with Crippen molar-refractivity contribution in [2.75, 3.05) is 0 Å². The Balaban J connectivity index is 2.24. The molecule has 2 aromatic carbocycles. The summed E-state index contributed by atoms with van der Waals surface area (Å²) < 4.78 is 6.92. The summed E-state index contributed by atoms with van der Waals surface area (Å²) in [5.41, 5.74) is 1.53. The zero-order valence-corrected chi connectivity index (χ0v) is 11.5. The van der Waals surface area contributed by atoms with Crippen LogP contribution in [0.4, 0.5) is 0 Å². The van der Waals surface area contributed by atoms with Crippen LogP contribution in [0.15, 0.2) is 63.8 Å². The summed E-state index contributed by atoms with van der Waals surface area (Å²) in [6.07, 6.45) is 0. The predicted octanol–water partition coefficient (Wildman–Crippen LogP) is 4.06. The summed E-state index contributed by atoms with van der Waals surface area (Å²) in [6.45, 7) is 0. The molecule has 2 nitrogen and oxygen atoms in total. The number of hydrogen-bond acceptors (Lipinski definition) is 2. The minimum absolute atomic E-state index is 0.00889. The summed E-state index contributed by atoms with van der Waals surface area (Å²) in [7, 11) is 0. The van der Waals surface area contributed by atoms with Crippen LogP contribution in [0, 0.1) is 3.57 Å². The van der Waals surface area contributed by atoms with Gasteiger partial charge in [-0.1, -0.05) is 24.3 Å². The standard InChI is InChI=1S/C15H9IO2/c16-11-7-5-10(6-8-11)15-9-13(17)12-3-1-2-4-14(12)18-15/h1-9H. The fraction of sp³-hybridized carbons (Fsp3) is 0. The highest BCUT2D eigenvalue weighted by Crippen LogP contribution is 2.22. The molecule has 0 aliphatic heterocycles. The van der Waals surface area contributed by atoms with Crippen molar-refractivity contribution in [3.05, 3.63) is 68.4 Å². The lowest BCUT2D eigenvalue weighted by Gasteiger charge is -2.03.